The standard InChI is InChI=1S/C17H17NO4/c1-20-17(19)15-7-4-5-12(9-13-6-2-3-8-18-13)16(15)22-11-14-10-21-14/h2-8,14H,9-11H2,1H3/t14-/m1/s1. The first-order valence-electron chi connectivity index (χ1n) is 7.12. The van der Waals surface area contributed by atoms with Crippen LogP contribution in [0.4, 0.5) is 0 Å². The van der Waals surface area contributed by atoms with Crippen LogP contribution in [0, 0.1) is 0 Å². The van der Waals surface area contributed by atoms with E-state index in [0.717, 1.165) is 11.3 Å². The van der Waals surface area contributed by atoms with Gasteiger partial charge in [-0.3, -0.25) is 4.98 Å². The van der Waals surface area contributed by atoms with Crippen molar-refractivity contribution in [1.29, 1.82) is 0 Å². The molecule has 0 aliphatic carbocycles. The Labute approximate surface area is 128 Å². The normalized spacial score (nSPS) is 16.1. The minimum atomic E-state index is -0.408. The van der Waals surface area contributed by atoms with Crippen LogP contribution in [-0.4, -0.2) is 37.4 Å². The van der Waals surface area contributed by atoms with E-state index in [1.807, 2.05) is 30.3 Å². The van der Waals surface area contributed by atoms with Crippen molar-refractivity contribution in [3.05, 3.63) is 59.4 Å². The van der Waals surface area contributed by atoms with E-state index in [4.69, 9.17) is 14.2 Å². The fourth-order valence-corrected chi connectivity index (χ4v) is 2.20. The summed E-state index contributed by atoms with van der Waals surface area (Å²) >= 11 is 0. The van der Waals surface area contributed by atoms with Crippen LogP contribution in [0.15, 0.2) is 42.6 Å². The van der Waals surface area contributed by atoms with Gasteiger partial charge in [0.1, 0.15) is 24.0 Å². The molecule has 1 aliphatic heterocycles. The number of rotatable bonds is 6. The molecule has 1 aromatic carbocycles. The molecule has 5 nitrogen and oxygen atoms in total. The highest BCUT2D eigenvalue weighted by atomic mass is 16.6. The first-order valence-corrected chi connectivity index (χ1v) is 7.12. The lowest BCUT2D eigenvalue weighted by molar-refractivity contribution is 0.0595. The van der Waals surface area contributed by atoms with Crippen molar-refractivity contribution < 1.29 is 19.0 Å². The molecule has 1 fully saturated rings. The molecule has 0 saturated carbocycles. The molecular formula is C17H17NO4. The van der Waals surface area contributed by atoms with E-state index in [1.54, 1.807) is 12.3 Å². The quantitative estimate of drug-likeness (QED) is 0.604. The summed E-state index contributed by atoms with van der Waals surface area (Å²) < 4.78 is 15.8. The van der Waals surface area contributed by atoms with E-state index < -0.39 is 5.97 Å². The predicted octanol–water partition coefficient (Wildman–Crippen LogP) is 2.24. The fraction of sp³-hybridized carbons (Fsp3) is 0.294. The Morgan fingerprint density at radius 1 is 1.32 bits per heavy atom. The Hall–Kier alpha value is -2.40. The zero-order chi connectivity index (χ0) is 15.4. The summed E-state index contributed by atoms with van der Waals surface area (Å²) in [6, 6.07) is 11.2. The lowest BCUT2D eigenvalue weighted by Gasteiger charge is -2.14. The third-order valence-electron chi connectivity index (χ3n) is 3.42. The van der Waals surface area contributed by atoms with Gasteiger partial charge in [0, 0.05) is 23.9 Å². The van der Waals surface area contributed by atoms with Gasteiger partial charge >= 0.3 is 5.97 Å². The Morgan fingerprint density at radius 2 is 2.18 bits per heavy atom. The summed E-state index contributed by atoms with van der Waals surface area (Å²) in [6.07, 6.45) is 2.46. The number of pyridine rings is 1. The Morgan fingerprint density at radius 3 is 2.86 bits per heavy atom. The van der Waals surface area contributed by atoms with Crippen LogP contribution in [-0.2, 0) is 15.9 Å². The summed E-state index contributed by atoms with van der Waals surface area (Å²) in [4.78, 5) is 16.3. The summed E-state index contributed by atoms with van der Waals surface area (Å²) in [5.41, 5.74) is 2.25. The molecule has 1 aliphatic rings. The van der Waals surface area contributed by atoms with Gasteiger partial charge < -0.3 is 14.2 Å². The SMILES string of the molecule is COC(=O)c1cccc(Cc2ccccn2)c1OC[C@H]1CO1. The van der Waals surface area contributed by atoms with Crippen LogP contribution in [0.1, 0.15) is 21.6 Å². The number of esters is 1. The zero-order valence-electron chi connectivity index (χ0n) is 12.3. The molecule has 0 amide bonds. The van der Waals surface area contributed by atoms with Crippen molar-refractivity contribution in [3.63, 3.8) is 0 Å². The average molecular weight is 299 g/mol. The molecule has 2 heterocycles. The van der Waals surface area contributed by atoms with Gasteiger partial charge in [0.2, 0.25) is 0 Å². The molecule has 1 atom stereocenters. The van der Waals surface area contributed by atoms with Crippen molar-refractivity contribution in [2.24, 2.45) is 0 Å². The van der Waals surface area contributed by atoms with Crippen LogP contribution in [0.25, 0.3) is 0 Å². The third kappa shape index (κ3) is 3.43. The second-order valence-corrected chi connectivity index (χ2v) is 5.05. The van der Waals surface area contributed by atoms with Crippen LogP contribution in [0.5, 0.6) is 5.75 Å². The molecule has 1 aromatic heterocycles. The van der Waals surface area contributed by atoms with Gasteiger partial charge in [-0.05, 0) is 18.2 Å². The van der Waals surface area contributed by atoms with E-state index in [0.29, 0.717) is 30.9 Å². The minimum Gasteiger partial charge on any atom is -0.490 e. The van der Waals surface area contributed by atoms with E-state index in [1.165, 1.54) is 7.11 Å². The van der Waals surface area contributed by atoms with Crippen LogP contribution >= 0.6 is 0 Å². The van der Waals surface area contributed by atoms with E-state index in [2.05, 4.69) is 4.98 Å². The number of aromatic nitrogens is 1. The number of hydrogen-bond donors (Lipinski definition) is 0. The van der Waals surface area contributed by atoms with Crippen molar-refractivity contribution in [1.82, 2.24) is 4.98 Å². The van der Waals surface area contributed by atoms with Gasteiger partial charge in [-0.2, -0.15) is 0 Å². The molecule has 1 saturated heterocycles. The highest BCUT2D eigenvalue weighted by Crippen LogP contribution is 2.28. The average Bonchev–Trinajstić information content (AvgIpc) is 3.38. The van der Waals surface area contributed by atoms with Gasteiger partial charge in [-0.1, -0.05) is 18.2 Å². The molecule has 0 spiro atoms. The molecule has 0 bridgehead atoms. The summed E-state index contributed by atoms with van der Waals surface area (Å²) in [7, 11) is 1.36. The number of carbonyl (C=O) groups is 1. The molecule has 5 heteroatoms. The maximum atomic E-state index is 12.0. The number of methoxy groups -OCH3 is 1. The summed E-state index contributed by atoms with van der Waals surface area (Å²) in [5.74, 6) is 0.144. The molecular weight excluding hydrogens is 282 g/mol. The second kappa shape index (κ2) is 6.58. The zero-order valence-corrected chi connectivity index (χ0v) is 12.3. The smallest absolute Gasteiger partial charge is 0.341 e. The number of para-hydroxylation sites is 1. The number of epoxide rings is 1. The minimum absolute atomic E-state index is 0.119. The van der Waals surface area contributed by atoms with Gasteiger partial charge in [0.15, 0.2) is 0 Å². The topological polar surface area (TPSA) is 61.0 Å². The Balaban J connectivity index is 1.90. The van der Waals surface area contributed by atoms with Crippen LogP contribution in [0.2, 0.25) is 0 Å². The highest BCUT2D eigenvalue weighted by Gasteiger charge is 2.25. The van der Waals surface area contributed by atoms with Crippen molar-refractivity contribution in [3.8, 4) is 5.75 Å². The fourth-order valence-electron chi connectivity index (χ4n) is 2.20. The molecule has 114 valence electrons. The lowest BCUT2D eigenvalue weighted by Crippen LogP contribution is -2.12. The van der Waals surface area contributed by atoms with Gasteiger partial charge in [0.05, 0.1) is 13.7 Å². The van der Waals surface area contributed by atoms with E-state index >= 15 is 0 Å². The Kier molecular flexibility index (Phi) is 4.34. The maximum absolute atomic E-state index is 12.0. The van der Waals surface area contributed by atoms with Gasteiger partial charge in [0.25, 0.3) is 0 Å². The first-order chi connectivity index (χ1) is 10.8. The molecule has 22 heavy (non-hydrogen) atoms. The van der Waals surface area contributed by atoms with Gasteiger partial charge in [-0.25, -0.2) is 4.79 Å². The van der Waals surface area contributed by atoms with Gasteiger partial charge in [-0.15, -0.1) is 0 Å². The molecule has 0 unspecified atom stereocenters. The molecule has 0 radical (unpaired) electrons. The number of hydrogen-bond acceptors (Lipinski definition) is 5. The predicted molar refractivity (Wildman–Crippen MR) is 80.1 cm³/mol. The third-order valence-corrected chi connectivity index (χ3v) is 3.42. The van der Waals surface area contributed by atoms with E-state index in [9.17, 15) is 4.79 Å². The van der Waals surface area contributed by atoms with E-state index in [-0.39, 0.29) is 6.10 Å². The van der Waals surface area contributed by atoms with Crippen molar-refractivity contribution >= 4 is 5.97 Å². The molecule has 2 aromatic rings. The highest BCUT2D eigenvalue weighted by molar-refractivity contribution is 5.93. The molecule has 3 rings (SSSR count). The monoisotopic (exact) mass is 299 g/mol. The summed E-state index contributed by atoms with van der Waals surface area (Å²) in [5, 5.41) is 0. The lowest BCUT2D eigenvalue weighted by atomic mass is 10.0. The number of ether oxygens (including phenoxy) is 3. The second-order valence-electron chi connectivity index (χ2n) is 5.05. The number of nitrogens with zero attached hydrogens (tertiary/aromatic N) is 1. The Bertz CT molecular complexity index is 653. The van der Waals surface area contributed by atoms with Crippen LogP contribution in [0.3, 0.4) is 0 Å². The van der Waals surface area contributed by atoms with Crippen molar-refractivity contribution in [2.45, 2.75) is 12.5 Å². The van der Waals surface area contributed by atoms with Crippen molar-refractivity contribution in [2.75, 3.05) is 20.3 Å². The van der Waals surface area contributed by atoms with Crippen LogP contribution < -0.4 is 4.74 Å². The molecule has 0 N–H and O–H groups in total. The number of benzene rings is 1. The first kappa shape index (κ1) is 14.5. The number of carbonyl (C=O) groups excluding carboxylic acids is 1. The maximum Gasteiger partial charge on any atom is 0.341 e. The summed E-state index contributed by atoms with van der Waals surface area (Å²) in [6.45, 7) is 1.14. The largest absolute Gasteiger partial charge is 0.490 e.